The highest BCUT2D eigenvalue weighted by atomic mass is 35.5. The zero-order chi connectivity index (χ0) is 14.3. The van der Waals surface area contributed by atoms with Crippen LogP contribution in [0.3, 0.4) is 0 Å². The number of aromatic nitrogens is 1. The summed E-state index contributed by atoms with van der Waals surface area (Å²) in [5.41, 5.74) is 9.34. The molecule has 1 aliphatic heterocycles. The molecule has 3 rings (SSSR count). The lowest BCUT2D eigenvalue weighted by Gasteiger charge is -2.29. The third-order valence-corrected chi connectivity index (χ3v) is 4.25. The Hall–Kier alpha value is -1.65. The van der Waals surface area contributed by atoms with Gasteiger partial charge in [0.05, 0.1) is 5.02 Å². The summed E-state index contributed by atoms with van der Waals surface area (Å²) in [6.45, 7) is 1.17. The van der Waals surface area contributed by atoms with Crippen molar-refractivity contribution in [2.75, 3.05) is 12.3 Å². The number of nitrogens with two attached hydrogens (primary N) is 1. The SMILES string of the molecule is Nc1cccc2c1CN(C(=O)c1cc(Cl)c(Cl)[nH]1)CC2. The number of halogens is 2. The Morgan fingerprint density at radius 2 is 2.15 bits per heavy atom. The van der Waals surface area contributed by atoms with Gasteiger partial charge in [0.15, 0.2) is 0 Å². The van der Waals surface area contributed by atoms with Gasteiger partial charge >= 0.3 is 0 Å². The van der Waals surface area contributed by atoms with Crippen molar-refractivity contribution in [2.24, 2.45) is 0 Å². The summed E-state index contributed by atoms with van der Waals surface area (Å²) < 4.78 is 0. The van der Waals surface area contributed by atoms with Gasteiger partial charge in [0.1, 0.15) is 10.8 Å². The number of benzene rings is 1. The number of rotatable bonds is 1. The topological polar surface area (TPSA) is 62.1 Å². The molecule has 0 unspecified atom stereocenters. The van der Waals surface area contributed by atoms with Crippen molar-refractivity contribution >= 4 is 34.8 Å². The second-order valence-corrected chi connectivity index (χ2v) is 5.59. The van der Waals surface area contributed by atoms with Gasteiger partial charge in [0.25, 0.3) is 5.91 Å². The van der Waals surface area contributed by atoms with E-state index in [1.165, 1.54) is 5.56 Å². The standard InChI is InChI=1S/C14H13Cl2N3O/c15-10-6-12(18-13(10)16)14(20)19-5-4-8-2-1-3-11(17)9(8)7-19/h1-3,6,18H,4-5,7,17H2. The fourth-order valence-electron chi connectivity index (χ4n) is 2.47. The zero-order valence-electron chi connectivity index (χ0n) is 10.6. The van der Waals surface area contributed by atoms with Crippen LogP contribution in [0.2, 0.25) is 10.2 Å². The first-order valence-corrected chi connectivity index (χ1v) is 7.01. The summed E-state index contributed by atoms with van der Waals surface area (Å²) in [4.78, 5) is 17.0. The van der Waals surface area contributed by atoms with Crippen molar-refractivity contribution in [1.82, 2.24) is 9.88 Å². The maximum atomic E-state index is 12.4. The van der Waals surface area contributed by atoms with Crippen LogP contribution in [0.1, 0.15) is 21.6 Å². The van der Waals surface area contributed by atoms with Gasteiger partial charge in [-0.15, -0.1) is 0 Å². The minimum absolute atomic E-state index is 0.118. The Kier molecular flexibility index (Phi) is 3.36. The van der Waals surface area contributed by atoms with Crippen molar-refractivity contribution in [3.63, 3.8) is 0 Å². The van der Waals surface area contributed by atoms with Gasteiger partial charge in [-0.3, -0.25) is 4.79 Å². The predicted octanol–water partition coefficient (Wildman–Crippen LogP) is 3.10. The number of nitrogens with zero attached hydrogens (tertiary/aromatic N) is 1. The molecule has 6 heteroatoms. The number of carbonyl (C=O) groups excluding carboxylic acids is 1. The van der Waals surface area contributed by atoms with Gasteiger partial charge in [-0.2, -0.15) is 0 Å². The average molecular weight is 310 g/mol. The maximum absolute atomic E-state index is 12.4. The molecule has 0 bridgehead atoms. The molecule has 1 aromatic carbocycles. The number of anilines is 1. The molecule has 4 nitrogen and oxygen atoms in total. The number of hydrogen-bond donors (Lipinski definition) is 2. The molecule has 0 saturated heterocycles. The van der Waals surface area contributed by atoms with Crippen LogP contribution in [0.25, 0.3) is 0 Å². The van der Waals surface area contributed by atoms with Crippen LogP contribution in [0, 0.1) is 0 Å². The molecule has 2 aromatic rings. The highest BCUT2D eigenvalue weighted by Crippen LogP contribution is 2.27. The number of carbonyl (C=O) groups is 1. The van der Waals surface area contributed by atoms with Crippen LogP contribution in [0.4, 0.5) is 5.69 Å². The van der Waals surface area contributed by atoms with Gasteiger partial charge in [-0.25, -0.2) is 0 Å². The summed E-state index contributed by atoms with van der Waals surface area (Å²) >= 11 is 11.7. The highest BCUT2D eigenvalue weighted by Gasteiger charge is 2.24. The zero-order valence-corrected chi connectivity index (χ0v) is 12.1. The molecule has 1 amide bonds. The van der Waals surface area contributed by atoms with Gasteiger partial charge < -0.3 is 15.6 Å². The van der Waals surface area contributed by atoms with Crippen molar-refractivity contribution in [3.8, 4) is 0 Å². The number of nitrogen functional groups attached to an aromatic ring is 1. The lowest BCUT2D eigenvalue weighted by atomic mass is 9.98. The van der Waals surface area contributed by atoms with Gasteiger partial charge in [-0.05, 0) is 29.7 Å². The Bertz CT molecular complexity index is 662. The van der Waals surface area contributed by atoms with Crippen molar-refractivity contribution in [2.45, 2.75) is 13.0 Å². The number of fused-ring (bicyclic) bond motifs is 1. The molecule has 1 aromatic heterocycles. The first-order valence-electron chi connectivity index (χ1n) is 6.26. The molecular weight excluding hydrogens is 297 g/mol. The lowest BCUT2D eigenvalue weighted by molar-refractivity contribution is 0.0730. The number of amides is 1. The minimum Gasteiger partial charge on any atom is -0.398 e. The molecule has 0 spiro atoms. The monoisotopic (exact) mass is 309 g/mol. The molecule has 0 saturated carbocycles. The average Bonchev–Trinajstić information content (AvgIpc) is 2.78. The molecule has 3 N–H and O–H groups in total. The summed E-state index contributed by atoms with van der Waals surface area (Å²) in [7, 11) is 0. The normalized spacial score (nSPS) is 14.2. The first kappa shape index (κ1) is 13.3. The Morgan fingerprint density at radius 1 is 1.35 bits per heavy atom. The van der Waals surface area contributed by atoms with Crippen LogP contribution in [0.5, 0.6) is 0 Å². The van der Waals surface area contributed by atoms with Crippen molar-refractivity contribution in [3.05, 3.63) is 51.3 Å². The Labute approximate surface area is 126 Å². The van der Waals surface area contributed by atoms with Gasteiger partial charge in [0, 0.05) is 18.8 Å². The third kappa shape index (κ3) is 2.25. The fraction of sp³-hybridized carbons (Fsp3) is 0.214. The molecule has 20 heavy (non-hydrogen) atoms. The van der Waals surface area contributed by atoms with E-state index in [0.717, 1.165) is 17.7 Å². The van der Waals surface area contributed by atoms with E-state index in [9.17, 15) is 4.79 Å². The smallest absolute Gasteiger partial charge is 0.270 e. The van der Waals surface area contributed by atoms with Crippen LogP contribution in [-0.2, 0) is 13.0 Å². The van der Waals surface area contributed by atoms with E-state index in [-0.39, 0.29) is 11.1 Å². The van der Waals surface area contributed by atoms with E-state index in [2.05, 4.69) is 11.1 Å². The Balaban J connectivity index is 1.86. The van der Waals surface area contributed by atoms with Crippen LogP contribution < -0.4 is 5.73 Å². The van der Waals surface area contributed by atoms with Crippen molar-refractivity contribution in [1.29, 1.82) is 0 Å². The van der Waals surface area contributed by atoms with E-state index >= 15 is 0 Å². The summed E-state index contributed by atoms with van der Waals surface area (Å²) in [6.07, 6.45) is 0.800. The molecule has 0 aliphatic carbocycles. The molecule has 2 heterocycles. The van der Waals surface area contributed by atoms with E-state index in [1.54, 1.807) is 11.0 Å². The maximum Gasteiger partial charge on any atom is 0.270 e. The number of aromatic amines is 1. The largest absolute Gasteiger partial charge is 0.398 e. The highest BCUT2D eigenvalue weighted by molar-refractivity contribution is 6.41. The molecule has 0 atom stereocenters. The molecular formula is C14H13Cl2N3O. The predicted molar refractivity (Wildman–Crippen MR) is 80.1 cm³/mol. The van der Waals surface area contributed by atoms with Crippen LogP contribution in [-0.4, -0.2) is 22.3 Å². The van der Waals surface area contributed by atoms with E-state index in [1.807, 2.05) is 12.1 Å². The number of hydrogen-bond acceptors (Lipinski definition) is 2. The fourth-order valence-corrected chi connectivity index (χ4v) is 2.78. The number of nitrogens with one attached hydrogen (secondary N) is 1. The second kappa shape index (κ2) is 5.04. The van der Waals surface area contributed by atoms with E-state index < -0.39 is 0 Å². The molecule has 0 fully saturated rings. The van der Waals surface area contributed by atoms with E-state index in [0.29, 0.717) is 23.8 Å². The first-order chi connectivity index (χ1) is 9.56. The number of H-pyrrole nitrogens is 1. The summed E-state index contributed by atoms with van der Waals surface area (Å²) in [5.74, 6) is -0.118. The summed E-state index contributed by atoms with van der Waals surface area (Å²) in [6, 6.07) is 7.40. The van der Waals surface area contributed by atoms with Gasteiger partial charge in [0.2, 0.25) is 0 Å². The molecule has 1 aliphatic rings. The van der Waals surface area contributed by atoms with E-state index in [4.69, 9.17) is 28.9 Å². The quantitative estimate of drug-likeness (QED) is 0.795. The second-order valence-electron chi connectivity index (χ2n) is 4.81. The van der Waals surface area contributed by atoms with Crippen molar-refractivity contribution < 1.29 is 4.79 Å². The van der Waals surface area contributed by atoms with Crippen LogP contribution >= 0.6 is 23.2 Å². The lowest BCUT2D eigenvalue weighted by Crippen LogP contribution is -2.36. The third-order valence-electron chi connectivity index (χ3n) is 3.55. The van der Waals surface area contributed by atoms with Crippen LogP contribution in [0.15, 0.2) is 24.3 Å². The van der Waals surface area contributed by atoms with Gasteiger partial charge in [-0.1, -0.05) is 35.3 Å². The minimum atomic E-state index is -0.118. The molecule has 104 valence electrons. The molecule has 0 radical (unpaired) electrons. The Morgan fingerprint density at radius 3 is 2.85 bits per heavy atom. The summed E-state index contributed by atoms with van der Waals surface area (Å²) in [5, 5.41) is 0.638.